The second-order valence-electron chi connectivity index (χ2n) is 6.11. The number of carbonyl (C=O) groups excluding carboxylic acids is 1. The first-order chi connectivity index (χ1) is 13.6. The SMILES string of the molecule is COc1ccc(Nc2ccc(C(=O)NCc3ccccc3C)nn2)cc1OC. The largest absolute Gasteiger partial charge is 0.493 e. The maximum atomic E-state index is 12.3. The van der Waals surface area contributed by atoms with Gasteiger partial charge in [0.1, 0.15) is 0 Å². The molecule has 0 aliphatic rings. The Morgan fingerprint density at radius 3 is 2.43 bits per heavy atom. The lowest BCUT2D eigenvalue weighted by molar-refractivity contribution is 0.0945. The molecule has 0 spiro atoms. The number of benzene rings is 2. The van der Waals surface area contributed by atoms with Crippen molar-refractivity contribution in [3.05, 3.63) is 71.4 Å². The van der Waals surface area contributed by atoms with Gasteiger partial charge in [0.25, 0.3) is 5.91 Å². The standard InChI is InChI=1S/C21H22N4O3/c1-14-6-4-5-7-15(14)13-22-21(26)17-9-11-20(25-24-17)23-16-8-10-18(27-2)19(12-16)28-3/h4-12H,13H2,1-3H3,(H,22,26)(H,23,25). The summed E-state index contributed by atoms with van der Waals surface area (Å²) in [7, 11) is 3.16. The van der Waals surface area contributed by atoms with Crippen molar-refractivity contribution in [2.24, 2.45) is 0 Å². The van der Waals surface area contributed by atoms with E-state index in [-0.39, 0.29) is 11.6 Å². The fourth-order valence-electron chi connectivity index (χ4n) is 2.66. The third kappa shape index (κ3) is 4.56. The number of nitrogens with zero attached hydrogens (tertiary/aromatic N) is 2. The van der Waals surface area contributed by atoms with Crippen LogP contribution >= 0.6 is 0 Å². The van der Waals surface area contributed by atoms with Crippen molar-refractivity contribution in [1.82, 2.24) is 15.5 Å². The van der Waals surface area contributed by atoms with Crippen molar-refractivity contribution in [1.29, 1.82) is 0 Å². The van der Waals surface area contributed by atoms with Crippen LogP contribution in [-0.2, 0) is 6.54 Å². The smallest absolute Gasteiger partial charge is 0.272 e. The van der Waals surface area contributed by atoms with E-state index in [1.54, 1.807) is 38.5 Å². The molecule has 7 nitrogen and oxygen atoms in total. The summed E-state index contributed by atoms with van der Waals surface area (Å²) in [5.41, 5.74) is 3.22. The number of ether oxygens (including phenoxy) is 2. The fourth-order valence-corrected chi connectivity index (χ4v) is 2.66. The molecule has 3 rings (SSSR count). The number of rotatable bonds is 7. The summed E-state index contributed by atoms with van der Waals surface area (Å²) >= 11 is 0. The normalized spacial score (nSPS) is 10.2. The van der Waals surface area contributed by atoms with Crippen molar-refractivity contribution >= 4 is 17.4 Å². The zero-order valence-electron chi connectivity index (χ0n) is 16.0. The van der Waals surface area contributed by atoms with E-state index in [0.29, 0.717) is 23.9 Å². The molecule has 144 valence electrons. The highest BCUT2D eigenvalue weighted by Crippen LogP contribution is 2.30. The highest BCUT2D eigenvalue weighted by atomic mass is 16.5. The number of aromatic nitrogens is 2. The third-order valence-electron chi connectivity index (χ3n) is 4.25. The van der Waals surface area contributed by atoms with Crippen LogP contribution in [0.15, 0.2) is 54.6 Å². The van der Waals surface area contributed by atoms with Crippen LogP contribution in [0.3, 0.4) is 0 Å². The van der Waals surface area contributed by atoms with Crippen LogP contribution in [-0.4, -0.2) is 30.3 Å². The van der Waals surface area contributed by atoms with Crippen LogP contribution in [0.5, 0.6) is 11.5 Å². The van der Waals surface area contributed by atoms with Gasteiger partial charge < -0.3 is 20.1 Å². The molecule has 0 atom stereocenters. The minimum Gasteiger partial charge on any atom is -0.493 e. The average molecular weight is 378 g/mol. The second-order valence-corrected chi connectivity index (χ2v) is 6.11. The van der Waals surface area contributed by atoms with E-state index in [2.05, 4.69) is 20.8 Å². The molecule has 1 heterocycles. The van der Waals surface area contributed by atoms with E-state index in [0.717, 1.165) is 16.8 Å². The highest BCUT2D eigenvalue weighted by molar-refractivity contribution is 5.92. The van der Waals surface area contributed by atoms with Gasteiger partial charge in [0.2, 0.25) is 0 Å². The van der Waals surface area contributed by atoms with Gasteiger partial charge in [-0.25, -0.2) is 0 Å². The molecule has 0 unspecified atom stereocenters. The first kappa shape index (κ1) is 19.2. The Morgan fingerprint density at radius 1 is 0.964 bits per heavy atom. The van der Waals surface area contributed by atoms with Crippen molar-refractivity contribution in [2.45, 2.75) is 13.5 Å². The molecular weight excluding hydrogens is 356 g/mol. The van der Waals surface area contributed by atoms with Gasteiger partial charge in [0, 0.05) is 18.3 Å². The van der Waals surface area contributed by atoms with Crippen LogP contribution in [0, 0.1) is 6.92 Å². The van der Waals surface area contributed by atoms with Crippen LogP contribution < -0.4 is 20.1 Å². The number of hydrogen-bond acceptors (Lipinski definition) is 6. The minimum atomic E-state index is -0.270. The van der Waals surface area contributed by atoms with Crippen molar-refractivity contribution in [3.8, 4) is 11.5 Å². The predicted octanol–water partition coefficient (Wildman–Crippen LogP) is 3.48. The average Bonchev–Trinajstić information content (AvgIpc) is 2.73. The summed E-state index contributed by atoms with van der Waals surface area (Å²) in [6.45, 7) is 2.45. The molecule has 0 aliphatic heterocycles. The molecule has 0 fully saturated rings. The third-order valence-corrected chi connectivity index (χ3v) is 4.25. The molecule has 2 aromatic carbocycles. The lowest BCUT2D eigenvalue weighted by Gasteiger charge is -2.11. The Morgan fingerprint density at radius 2 is 1.75 bits per heavy atom. The summed E-state index contributed by atoms with van der Waals surface area (Å²) in [6.07, 6.45) is 0. The zero-order valence-corrected chi connectivity index (χ0v) is 16.0. The molecule has 0 saturated heterocycles. The number of hydrogen-bond donors (Lipinski definition) is 2. The number of nitrogens with one attached hydrogen (secondary N) is 2. The van der Waals surface area contributed by atoms with Gasteiger partial charge in [-0.05, 0) is 42.3 Å². The summed E-state index contributed by atoms with van der Waals surface area (Å²) in [6, 6.07) is 16.7. The van der Waals surface area contributed by atoms with E-state index < -0.39 is 0 Å². The summed E-state index contributed by atoms with van der Waals surface area (Å²) in [5.74, 6) is 1.49. The highest BCUT2D eigenvalue weighted by Gasteiger charge is 2.10. The molecule has 0 aliphatic carbocycles. The second kappa shape index (κ2) is 8.85. The molecule has 0 saturated carbocycles. The van der Waals surface area contributed by atoms with Crippen molar-refractivity contribution in [2.75, 3.05) is 19.5 Å². The number of anilines is 2. The van der Waals surface area contributed by atoms with E-state index in [1.807, 2.05) is 37.3 Å². The molecule has 3 aromatic rings. The monoisotopic (exact) mass is 378 g/mol. The molecule has 1 amide bonds. The van der Waals surface area contributed by atoms with Gasteiger partial charge in [-0.2, -0.15) is 0 Å². The summed E-state index contributed by atoms with van der Waals surface area (Å²) in [5, 5.41) is 14.1. The van der Waals surface area contributed by atoms with E-state index >= 15 is 0 Å². The number of aryl methyl sites for hydroxylation is 1. The molecule has 28 heavy (non-hydrogen) atoms. The van der Waals surface area contributed by atoms with Crippen LogP contribution in [0.2, 0.25) is 0 Å². The minimum absolute atomic E-state index is 0.256. The first-order valence-corrected chi connectivity index (χ1v) is 8.76. The Kier molecular flexibility index (Phi) is 6.06. The lowest BCUT2D eigenvalue weighted by Crippen LogP contribution is -2.24. The Labute approximate surface area is 163 Å². The van der Waals surface area contributed by atoms with Crippen molar-refractivity contribution < 1.29 is 14.3 Å². The first-order valence-electron chi connectivity index (χ1n) is 8.76. The lowest BCUT2D eigenvalue weighted by atomic mass is 10.1. The van der Waals surface area contributed by atoms with Gasteiger partial charge in [0.05, 0.1) is 14.2 Å². The van der Waals surface area contributed by atoms with Gasteiger partial charge in [-0.3, -0.25) is 4.79 Å². The molecule has 0 bridgehead atoms. The summed E-state index contributed by atoms with van der Waals surface area (Å²) < 4.78 is 10.5. The Bertz CT molecular complexity index is 958. The Hall–Kier alpha value is -3.61. The molecule has 1 aromatic heterocycles. The predicted molar refractivity (Wildman–Crippen MR) is 107 cm³/mol. The van der Waals surface area contributed by atoms with E-state index in [9.17, 15) is 4.79 Å². The quantitative estimate of drug-likeness (QED) is 0.655. The molecular formula is C21H22N4O3. The summed E-state index contributed by atoms with van der Waals surface area (Å²) in [4.78, 5) is 12.3. The maximum absolute atomic E-state index is 12.3. The van der Waals surface area contributed by atoms with Crippen LogP contribution in [0.1, 0.15) is 21.6 Å². The van der Waals surface area contributed by atoms with E-state index in [4.69, 9.17) is 9.47 Å². The number of amides is 1. The number of methoxy groups -OCH3 is 2. The molecule has 0 radical (unpaired) electrons. The van der Waals surface area contributed by atoms with Gasteiger partial charge in [0.15, 0.2) is 23.0 Å². The molecule has 2 N–H and O–H groups in total. The topological polar surface area (TPSA) is 85.4 Å². The van der Waals surface area contributed by atoms with Crippen molar-refractivity contribution in [3.63, 3.8) is 0 Å². The van der Waals surface area contributed by atoms with Gasteiger partial charge in [-0.15, -0.1) is 10.2 Å². The van der Waals surface area contributed by atoms with E-state index in [1.165, 1.54) is 0 Å². The van der Waals surface area contributed by atoms with Gasteiger partial charge >= 0.3 is 0 Å². The fraction of sp³-hybridized carbons (Fsp3) is 0.190. The van der Waals surface area contributed by atoms with Gasteiger partial charge in [-0.1, -0.05) is 24.3 Å². The van der Waals surface area contributed by atoms with Crippen LogP contribution in [0.4, 0.5) is 11.5 Å². The zero-order chi connectivity index (χ0) is 19.9. The Balaban J connectivity index is 1.63. The number of carbonyl (C=O) groups is 1. The van der Waals surface area contributed by atoms with Crippen LogP contribution in [0.25, 0.3) is 0 Å². The maximum Gasteiger partial charge on any atom is 0.272 e. The molecule has 7 heteroatoms.